The second-order valence-electron chi connectivity index (χ2n) is 7.30. The predicted molar refractivity (Wildman–Crippen MR) is 121 cm³/mol. The Balaban J connectivity index is 2.07. The minimum atomic E-state index is -0.290. The summed E-state index contributed by atoms with van der Waals surface area (Å²) in [6.45, 7) is 3.95. The zero-order valence-electron chi connectivity index (χ0n) is 18.0. The maximum Gasteiger partial charge on any atom is 0.257 e. The number of nitrogens with zero attached hydrogens (tertiary/aromatic N) is 3. The Morgan fingerprint density at radius 2 is 1.84 bits per heavy atom. The third-order valence-electron chi connectivity index (χ3n) is 5.34. The van der Waals surface area contributed by atoms with Crippen LogP contribution in [0.3, 0.4) is 0 Å². The van der Waals surface area contributed by atoms with Gasteiger partial charge in [0.25, 0.3) is 5.91 Å². The standard InChI is InChI=1S/C23H25N5O3/c1-5-13(2)25-23(29)19-20-22(27-16-9-7-6-8-15(16)26-20)28(21(19)24)17-12-14(30-3)10-11-18(17)31-4/h6-13H,5,24H2,1-4H3,(H,25,29)/t13-/m1/s1. The first-order valence-electron chi connectivity index (χ1n) is 10.1. The Morgan fingerprint density at radius 3 is 2.48 bits per heavy atom. The van der Waals surface area contributed by atoms with E-state index in [9.17, 15) is 4.79 Å². The molecule has 0 radical (unpaired) electrons. The van der Waals surface area contributed by atoms with E-state index < -0.39 is 0 Å². The largest absolute Gasteiger partial charge is 0.497 e. The van der Waals surface area contributed by atoms with Crippen molar-refractivity contribution in [1.29, 1.82) is 0 Å². The summed E-state index contributed by atoms with van der Waals surface area (Å²) in [5, 5.41) is 2.99. The highest BCUT2D eigenvalue weighted by molar-refractivity contribution is 6.11. The van der Waals surface area contributed by atoms with Gasteiger partial charge in [-0.1, -0.05) is 19.1 Å². The first-order chi connectivity index (χ1) is 15.0. The molecule has 2 aromatic carbocycles. The number of nitrogens with one attached hydrogen (secondary N) is 1. The number of ether oxygens (including phenoxy) is 2. The summed E-state index contributed by atoms with van der Waals surface area (Å²) < 4.78 is 12.7. The number of carbonyl (C=O) groups excluding carboxylic acids is 1. The van der Waals surface area contributed by atoms with Gasteiger partial charge in [-0.05, 0) is 37.6 Å². The molecule has 0 aliphatic heterocycles. The van der Waals surface area contributed by atoms with E-state index in [4.69, 9.17) is 25.2 Å². The fraction of sp³-hybridized carbons (Fsp3) is 0.261. The lowest BCUT2D eigenvalue weighted by molar-refractivity contribution is 0.0941. The van der Waals surface area contributed by atoms with E-state index in [1.54, 1.807) is 37.0 Å². The maximum atomic E-state index is 13.2. The lowest BCUT2D eigenvalue weighted by Crippen LogP contribution is -2.32. The Hall–Kier alpha value is -3.81. The van der Waals surface area contributed by atoms with Crippen LogP contribution in [0.5, 0.6) is 11.5 Å². The van der Waals surface area contributed by atoms with Crippen molar-refractivity contribution in [3.8, 4) is 17.2 Å². The van der Waals surface area contributed by atoms with E-state index in [-0.39, 0.29) is 17.8 Å². The monoisotopic (exact) mass is 419 g/mol. The summed E-state index contributed by atoms with van der Waals surface area (Å²) in [5.41, 5.74) is 9.75. The number of fused-ring (bicyclic) bond motifs is 2. The summed E-state index contributed by atoms with van der Waals surface area (Å²) in [6.07, 6.45) is 0.794. The number of carbonyl (C=O) groups is 1. The smallest absolute Gasteiger partial charge is 0.257 e. The van der Waals surface area contributed by atoms with E-state index in [1.165, 1.54) is 0 Å². The lowest BCUT2D eigenvalue weighted by atomic mass is 10.2. The Kier molecular flexibility index (Phi) is 5.37. The van der Waals surface area contributed by atoms with Crippen LogP contribution in [0.15, 0.2) is 42.5 Å². The third-order valence-corrected chi connectivity index (χ3v) is 5.34. The van der Waals surface area contributed by atoms with Crippen LogP contribution in [-0.4, -0.2) is 40.7 Å². The van der Waals surface area contributed by atoms with E-state index in [2.05, 4.69) is 5.32 Å². The molecule has 2 aromatic heterocycles. The molecule has 0 spiro atoms. The lowest BCUT2D eigenvalue weighted by Gasteiger charge is -2.14. The van der Waals surface area contributed by atoms with Crippen molar-refractivity contribution in [3.63, 3.8) is 0 Å². The molecule has 0 saturated carbocycles. The summed E-state index contributed by atoms with van der Waals surface area (Å²) in [7, 11) is 3.16. The second kappa shape index (κ2) is 8.14. The van der Waals surface area contributed by atoms with E-state index in [0.717, 1.165) is 6.42 Å². The molecular weight excluding hydrogens is 394 g/mol. The van der Waals surface area contributed by atoms with Crippen molar-refractivity contribution < 1.29 is 14.3 Å². The van der Waals surface area contributed by atoms with Crippen LogP contribution in [0.1, 0.15) is 30.6 Å². The number of methoxy groups -OCH3 is 2. The number of para-hydroxylation sites is 2. The molecule has 0 aliphatic carbocycles. The van der Waals surface area contributed by atoms with Gasteiger partial charge in [0.15, 0.2) is 5.65 Å². The third kappa shape index (κ3) is 3.50. The molecule has 4 aromatic rings. The van der Waals surface area contributed by atoms with E-state index >= 15 is 0 Å². The number of rotatable bonds is 6. The van der Waals surface area contributed by atoms with Gasteiger partial charge < -0.3 is 20.5 Å². The quantitative estimate of drug-likeness (QED) is 0.494. The van der Waals surface area contributed by atoms with Gasteiger partial charge in [-0.15, -0.1) is 0 Å². The predicted octanol–water partition coefficient (Wildman–Crippen LogP) is 3.70. The van der Waals surface area contributed by atoms with Gasteiger partial charge in [0.05, 0.1) is 30.9 Å². The minimum absolute atomic E-state index is 0.00919. The van der Waals surface area contributed by atoms with Crippen LogP contribution in [0.25, 0.3) is 27.9 Å². The average molecular weight is 419 g/mol. The van der Waals surface area contributed by atoms with Gasteiger partial charge in [0, 0.05) is 12.1 Å². The Bertz CT molecular complexity index is 1280. The van der Waals surface area contributed by atoms with Crippen LogP contribution in [0.2, 0.25) is 0 Å². The maximum absolute atomic E-state index is 13.2. The topological polar surface area (TPSA) is 104 Å². The second-order valence-corrected chi connectivity index (χ2v) is 7.30. The molecule has 0 bridgehead atoms. The number of nitrogens with two attached hydrogens (primary N) is 1. The normalized spacial score (nSPS) is 12.1. The first-order valence-corrected chi connectivity index (χ1v) is 10.1. The Morgan fingerprint density at radius 1 is 1.13 bits per heavy atom. The van der Waals surface area contributed by atoms with Crippen molar-refractivity contribution in [3.05, 3.63) is 48.0 Å². The van der Waals surface area contributed by atoms with Crippen LogP contribution in [0, 0.1) is 0 Å². The molecule has 0 saturated heterocycles. The van der Waals surface area contributed by atoms with Crippen molar-refractivity contribution in [1.82, 2.24) is 19.9 Å². The molecule has 160 valence electrons. The zero-order valence-corrected chi connectivity index (χ0v) is 18.0. The highest BCUT2D eigenvalue weighted by Gasteiger charge is 2.26. The van der Waals surface area contributed by atoms with Crippen LogP contribution >= 0.6 is 0 Å². The van der Waals surface area contributed by atoms with Gasteiger partial charge in [-0.2, -0.15) is 0 Å². The number of benzene rings is 2. The summed E-state index contributed by atoms with van der Waals surface area (Å²) in [5.74, 6) is 1.13. The molecule has 0 unspecified atom stereocenters. The van der Waals surface area contributed by atoms with Crippen LogP contribution < -0.4 is 20.5 Å². The number of nitrogen functional groups attached to an aromatic ring is 1. The van der Waals surface area contributed by atoms with Gasteiger partial charge in [-0.25, -0.2) is 9.97 Å². The van der Waals surface area contributed by atoms with Gasteiger partial charge in [0.2, 0.25) is 0 Å². The highest BCUT2D eigenvalue weighted by Crippen LogP contribution is 2.36. The molecule has 0 aliphatic rings. The summed E-state index contributed by atoms with van der Waals surface area (Å²) in [6, 6.07) is 12.9. The van der Waals surface area contributed by atoms with Crippen molar-refractivity contribution in [2.24, 2.45) is 0 Å². The average Bonchev–Trinajstić information content (AvgIpc) is 3.07. The molecule has 8 nitrogen and oxygen atoms in total. The molecule has 0 fully saturated rings. The van der Waals surface area contributed by atoms with E-state index in [1.807, 2.05) is 38.1 Å². The number of anilines is 1. The zero-order chi connectivity index (χ0) is 22.1. The highest BCUT2D eigenvalue weighted by atomic mass is 16.5. The Labute approximate surface area is 180 Å². The summed E-state index contributed by atoms with van der Waals surface area (Å²) in [4.78, 5) is 22.7. The number of hydrogen-bond donors (Lipinski definition) is 2. The van der Waals surface area contributed by atoms with Crippen molar-refractivity contribution in [2.45, 2.75) is 26.3 Å². The number of hydrogen-bond acceptors (Lipinski definition) is 6. The van der Waals surface area contributed by atoms with Crippen LogP contribution in [-0.2, 0) is 0 Å². The molecule has 1 amide bonds. The minimum Gasteiger partial charge on any atom is -0.497 e. The van der Waals surface area contributed by atoms with Crippen molar-refractivity contribution in [2.75, 3.05) is 20.0 Å². The molecule has 3 N–H and O–H groups in total. The molecule has 2 heterocycles. The van der Waals surface area contributed by atoms with Gasteiger partial charge >= 0.3 is 0 Å². The SMILES string of the molecule is CC[C@@H](C)NC(=O)c1c(N)n(-c2cc(OC)ccc2OC)c2nc3ccccc3nc12. The van der Waals surface area contributed by atoms with Gasteiger partial charge in [-0.3, -0.25) is 9.36 Å². The molecule has 8 heteroatoms. The van der Waals surface area contributed by atoms with Gasteiger partial charge in [0.1, 0.15) is 28.4 Å². The fourth-order valence-corrected chi connectivity index (χ4v) is 3.50. The molecule has 4 rings (SSSR count). The van der Waals surface area contributed by atoms with Crippen LogP contribution in [0.4, 0.5) is 5.82 Å². The molecule has 31 heavy (non-hydrogen) atoms. The number of amides is 1. The molecular formula is C23H25N5O3. The van der Waals surface area contributed by atoms with E-state index in [0.29, 0.717) is 44.9 Å². The van der Waals surface area contributed by atoms with Crippen molar-refractivity contribution >= 4 is 33.9 Å². The fourth-order valence-electron chi connectivity index (χ4n) is 3.50. The summed E-state index contributed by atoms with van der Waals surface area (Å²) >= 11 is 0. The number of aromatic nitrogens is 3. The molecule has 1 atom stereocenters. The first kappa shape index (κ1) is 20.5.